The molecule has 0 saturated heterocycles. The first-order valence-electron chi connectivity index (χ1n) is 20.9. The lowest BCUT2D eigenvalue weighted by Crippen LogP contribution is -2.37. The van der Waals surface area contributed by atoms with Crippen molar-refractivity contribution in [1.82, 2.24) is 0 Å². The van der Waals surface area contributed by atoms with E-state index in [1.54, 1.807) is 0 Å². The topological polar surface area (TPSA) is 94.1 Å². The van der Waals surface area contributed by atoms with Crippen molar-refractivity contribution in [1.29, 1.82) is 0 Å². The molecule has 0 heterocycles. The van der Waals surface area contributed by atoms with E-state index in [1.807, 2.05) is 21.1 Å². The first-order valence-corrected chi connectivity index (χ1v) is 22.4. The van der Waals surface area contributed by atoms with Crippen molar-refractivity contribution in [2.24, 2.45) is 0 Å². The number of unbranched alkanes of at least 4 members (excludes halogenated alkanes) is 23. The van der Waals surface area contributed by atoms with E-state index in [9.17, 15) is 14.3 Å². The molecule has 298 valence electrons. The van der Waals surface area contributed by atoms with Gasteiger partial charge in [0.25, 0.3) is 7.82 Å². The van der Waals surface area contributed by atoms with E-state index in [-0.39, 0.29) is 25.8 Å². The molecule has 0 aromatic heterocycles. The Morgan fingerprint density at radius 1 is 0.600 bits per heavy atom. The summed E-state index contributed by atoms with van der Waals surface area (Å²) in [5.41, 5.74) is 0. The molecule has 0 amide bonds. The van der Waals surface area contributed by atoms with Crippen molar-refractivity contribution in [3.8, 4) is 0 Å². The average Bonchev–Trinajstić information content (AvgIpc) is 3.06. The highest BCUT2D eigenvalue weighted by atomic mass is 31.2. The van der Waals surface area contributed by atoms with Gasteiger partial charge in [-0.05, 0) is 38.5 Å². The molecular weight excluding hydrogens is 649 g/mol. The molecule has 9 heteroatoms. The van der Waals surface area contributed by atoms with Gasteiger partial charge in [0.1, 0.15) is 19.3 Å². The van der Waals surface area contributed by atoms with Gasteiger partial charge in [-0.2, -0.15) is 0 Å². The molecule has 50 heavy (non-hydrogen) atoms. The minimum atomic E-state index is -4.52. The fourth-order valence-electron chi connectivity index (χ4n) is 5.78. The second-order valence-corrected chi connectivity index (χ2v) is 16.8. The Balaban J connectivity index is 4.25. The zero-order chi connectivity index (χ0) is 37.0. The van der Waals surface area contributed by atoms with Crippen LogP contribution in [-0.2, 0) is 27.9 Å². The molecule has 2 atom stereocenters. The number of carbonyl (C=O) groups is 1. The lowest BCUT2D eigenvalue weighted by molar-refractivity contribution is -0.870. The Morgan fingerprint density at radius 3 is 1.54 bits per heavy atom. The third-order valence-electron chi connectivity index (χ3n) is 9.07. The van der Waals surface area contributed by atoms with Crippen LogP contribution < -0.4 is 4.89 Å². The number of rotatable bonds is 39. The summed E-state index contributed by atoms with van der Waals surface area (Å²) in [5, 5.41) is 0. The predicted octanol–water partition coefficient (Wildman–Crippen LogP) is 11.3. The highest BCUT2D eigenvalue weighted by molar-refractivity contribution is 7.45. The predicted molar refractivity (Wildman–Crippen MR) is 208 cm³/mol. The Morgan fingerprint density at radius 2 is 1.04 bits per heavy atom. The van der Waals surface area contributed by atoms with Gasteiger partial charge in [0.05, 0.1) is 34.4 Å². The highest BCUT2D eigenvalue weighted by Crippen LogP contribution is 2.38. The first-order chi connectivity index (χ1) is 24.1. The van der Waals surface area contributed by atoms with Crippen LogP contribution in [0.4, 0.5) is 0 Å². The monoisotopic (exact) mass is 732 g/mol. The number of esters is 1. The maximum atomic E-state index is 12.6. The fraction of sp³-hybridized carbons (Fsp3) is 0.927. The van der Waals surface area contributed by atoms with E-state index >= 15 is 0 Å². The summed E-state index contributed by atoms with van der Waals surface area (Å²) in [5.74, 6) is -0.334. The van der Waals surface area contributed by atoms with Crippen LogP contribution in [-0.4, -0.2) is 70.7 Å². The van der Waals surface area contributed by atoms with Crippen molar-refractivity contribution in [2.75, 3.05) is 54.1 Å². The van der Waals surface area contributed by atoms with Crippen molar-refractivity contribution >= 4 is 13.8 Å². The molecule has 0 rings (SSSR count). The summed E-state index contributed by atoms with van der Waals surface area (Å²) in [6, 6.07) is 0. The molecule has 2 unspecified atom stereocenters. The molecular formula is C41H82NO7P. The summed E-state index contributed by atoms with van der Waals surface area (Å²) < 4.78 is 34.5. The Kier molecular flexibility index (Phi) is 34.7. The molecule has 0 aliphatic carbocycles. The summed E-state index contributed by atoms with van der Waals surface area (Å²) in [4.78, 5) is 25.0. The van der Waals surface area contributed by atoms with Crippen LogP contribution in [0.3, 0.4) is 0 Å². The maximum Gasteiger partial charge on any atom is 0.306 e. The van der Waals surface area contributed by atoms with E-state index in [2.05, 4.69) is 26.0 Å². The van der Waals surface area contributed by atoms with E-state index in [1.165, 1.54) is 135 Å². The van der Waals surface area contributed by atoms with Crippen molar-refractivity contribution in [2.45, 2.75) is 193 Å². The average molecular weight is 732 g/mol. The van der Waals surface area contributed by atoms with Crippen LogP contribution in [0.15, 0.2) is 12.2 Å². The lowest BCUT2D eigenvalue weighted by atomic mass is 10.0. The van der Waals surface area contributed by atoms with Crippen molar-refractivity contribution in [3.05, 3.63) is 12.2 Å². The van der Waals surface area contributed by atoms with Crippen LogP contribution in [0.25, 0.3) is 0 Å². The number of phosphoric acid groups is 1. The number of hydrogen-bond acceptors (Lipinski definition) is 7. The van der Waals surface area contributed by atoms with Gasteiger partial charge in [0.2, 0.25) is 0 Å². The quantitative estimate of drug-likeness (QED) is 0.0204. The highest BCUT2D eigenvalue weighted by Gasteiger charge is 2.20. The van der Waals surface area contributed by atoms with Gasteiger partial charge in [-0.25, -0.2) is 0 Å². The summed E-state index contributed by atoms with van der Waals surface area (Å²) in [7, 11) is 1.36. The number of nitrogens with zero attached hydrogens (tertiary/aromatic N) is 1. The number of hydrogen-bond donors (Lipinski definition) is 0. The molecule has 0 saturated carbocycles. The van der Waals surface area contributed by atoms with Crippen LogP contribution >= 0.6 is 7.82 Å². The Bertz CT molecular complexity index is 817. The number of likely N-dealkylation sites (N-methyl/N-ethyl adjacent to an activating group) is 1. The molecule has 0 aromatic rings. The number of carbonyl (C=O) groups excluding carboxylic acids is 1. The molecule has 0 aliphatic heterocycles. The summed E-state index contributed by atoms with van der Waals surface area (Å²) >= 11 is 0. The number of allylic oxidation sites excluding steroid dienone is 2. The Hall–Kier alpha value is -0.760. The molecule has 0 aromatic carbocycles. The number of phosphoric ester groups is 1. The summed E-state index contributed by atoms with van der Waals surface area (Å²) in [6.07, 6.45) is 36.4. The van der Waals surface area contributed by atoms with Gasteiger partial charge in [0.15, 0.2) is 0 Å². The number of quaternary nitrogens is 1. The third-order valence-corrected chi connectivity index (χ3v) is 10.0. The molecule has 0 N–H and O–H groups in total. The van der Waals surface area contributed by atoms with Gasteiger partial charge < -0.3 is 27.9 Å². The smallest absolute Gasteiger partial charge is 0.306 e. The second-order valence-electron chi connectivity index (χ2n) is 15.4. The molecule has 0 radical (unpaired) electrons. The van der Waals surface area contributed by atoms with Crippen LogP contribution in [0.2, 0.25) is 0 Å². The van der Waals surface area contributed by atoms with Crippen LogP contribution in [0, 0.1) is 0 Å². The largest absolute Gasteiger partial charge is 0.756 e. The standard InChI is InChI=1S/C41H82NO7P/c1-6-8-10-12-14-16-18-20-22-24-26-28-30-32-34-41(43)49-40(39-48-50(44,45)47-37-35-42(3,4)5)38-46-36-33-31-29-27-25-23-21-19-17-15-13-11-9-7-2/h17,19,40H,6-16,18,20-39H2,1-5H3/b19-17-. The lowest BCUT2D eigenvalue weighted by Gasteiger charge is -2.28. The van der Waals surface area contributed by atoms with Gasteiger partial charge in [-0.3, -0.25) is 9.36 Å². The molecule has 0 spiro atoms. The molecule has 0 bridgehead atoms. The van der Waals surface area contributed by atoms with E-state index < -0.39 is 13.9 Å². The zero-order valence-electron chi connectivity index (χ0n) is 33.6. The van der Waals surface area contributed by atoms with Crippen molar-refractivity contribution in [3.63, 3.8) is 0 Å². The van der Waals surface area contributed by atoms with Crippen LogP contribution in [0.5, 0.6) is 0 Å². The van der Waals surface area contributed by atoms with Gasteiger partial charge in [-0.15, -0.1) is 0 Å². The molecule has 8 nitrogen and oxygen atoms in total. The van der Waals surface area contributed by atoms with Crippen LogP contribution in [0.1, 0.15) is 187 Å². The SMILES string of the molecule is CCCCCC/C=C\CCCCCCCCOCC(COP(=O)([O-])OCC[N+](C)(C)C)OC(=O)CCCCCCCCCCCCCCCC. The minimum absolute atomic E-state index is 0.0280. The third kappa shape index (κ3) is 38.5. The van der Waals surface area contributed by atoms with Gasteiger partial charge in [0, 0.05) is 13.0 Å². The number of ether oxygens (including phenoxy) is 2. The maximum absolute atomic E-state index is 12.6. The minimum Gasteiger partial charge on any atom is -0.756 e. The molecule has 0 fully saturated rings. The second kappa shape index (κ2) is 35.3. The van der Waals surface area contributed by atoms with E-state index in [0.717, 1.165) is 32.1 Å². The summed E-state index contributed by atoms with van der Waals surface area (Å²) in [6.45, 7) is 5.41. The Labute approximate surface area is 310 Å². The van der Waals surface area contributed by atoms with E-state index in [0.29, 0.717) is 24.1 Å². The zero-order valence-corrected chi connectivity index (χ0v) is 34.5. The first kappa shape index (κ1) is 49.2. The van der Waals surface area contributed by atoms with Crippen molar-refractivity contribution < 1.29 is 37.3 Å². The normalized spacial score (nSPS) is 14.0. The fourth-order valence-corrected chi connectivity index (χ4v) is 6.50. The van der Waals surface area contributed by atoms with E-state index in [4.69, 9.17) is 18.5 Å². The van der Waals surface area contributed by atoms with Gasteiger partial charge in [-0.1, -0.05) is 154 Å². The molecule has 0 aliphatic rings. The van der Waals surface area contributed by atoms with Gasteiger partial charge >= 0.3 is 5.97 Å².